The first-order valence-electron chi connectivity index (χ1n) is 13.9. The van der Waals surface area contributed by atoms with Gasteiger partial charge in [-0.1, -0.05) is 23.7 Å². The molecular formula is C30H36ClN5O4. The molecule has 40 heavy (non-hydrogen) atoms. The number of amides is 1. The van der Waals surface area contributed by atoms with Crippen LogP contribution in [0, 0.1) is 0 Å². The number of carbonyl (C=O) groups excluding carboxylic acids is 1. The van der Waals surface area contributed by atoms with Crippen molar-refractivity contribution in [3.63, 3.8) is 0 Å². The molecular weight excluding hydrogens is 530 g/mol. The van der Waals surface area contributed by atoms with Crippen molar-refractivity contribution in [3.8, 4) is 22.6 Å². The molecule has 2 saturated heterocycles. The zero-order valence-electron chi connectivity index (χ0n) is 23.4. The van der Waals surface area contributed by atoms with E-state index >= 15 is 0 Å². The van der Waals surface area contributed by atoms with Gasteiger partial charge in [0.25, 0.3) is 0 Å². The molecule has 1 amide bonds. The fourth-order valence-electron chi connectivity index (χ4n) is 5.39. The summed E-state index contributed by atoms with van der Waals surface area (Å²) in [5.74, 6) is 1.73. The smallest absolute Gasteiger partial charge is 0.410 e. The van der Waals surface area contributed by atoms with Crippen LogP contribution >= 0.6 is 11.6 Å². The van der Waals surface area contributed by atoms with Crippen molar-refractivity contribution < 1.29 is 19.0 Å². The van der Waals surface area contributed by atoms with Crippen LogP contribution < -0.4 is 9.64 Å². The second kappa shape index (κ2) is 11.0. The third-order valence-corrected chi connectivity index (χ3v) is 7.77. The first-order valence-corrected chi connectivity index (χ1v) is 14.3. The Morgan fingerprint density at radius 2 is 1.80 bits per heavy atom. The van der Waals surface area contributed by atoms with E-state index in [9.17, 15) is 4.79 Å². The summed E-state index contributed by atoms with van der Waals surface area (Å²) >= 11 is 6.81. The summed E-state index contributed by atoms with van der Waals surface area (Å²) < 4.78 is 19.2. The van der Waals surface area contributed by atoms with Crippen molar-refractivity contribution in [2.45, 2.75) is 39.5 Å². The molecule has 6 rings (SSSR count). The highest BCUT2D eigenvalue weighted by Crippen LogP contribution is 2.38. The maximum atomic E-state index is 12.4. The molecule has 0 bridgehead atoms. The Bertz CT molecular complexity index is 1390. The molecule has 212 valence electrons. The summed E-state index contributed by atoms with van der Waals surface area (Å²) in [6, 6.07) is 12.4. The van der Waals surface area contributed by atoms with Crippen LogP contribution in [0.15, 0.2) is 42.6 Å². The van der Waals surface area contributed by atoms with Crippen LogP contribution in [0.3, 0.4) is 0 Å². The number of ether oxygens (including phenoxy) is 3. The molecule has 0 atom stereocenters. The molecule has 3 aliphatic rings. The molecule has 1 aromatic heterocycles. The molecule has 0 spiro atoms. The van der Waals surface area contributed by atoms with Gasteiger partial charge >= 0.3 is 6.09 Å². The standard InChI is InChI=1S/C30H36ClN5O4/c1-30(2,3)40-29(37)35-10-8-34(9-11-35)23-5-6-24(25(31)17-23)21-4-7-26-27(16-21)39-20-28-32-22(19-36(26)28)18-33-12-14-38-15-13-33/h4-7,16-17,19H,8-15,18,20H2,1-3H3. The number of piperazine rings is 1. The van der Waals surface area contributed by atoms with Crippen LogP contribution in [0.5, 0.6) is 5.75 Å². The maximum absolute atomic E-state index is 12.4. The molecule has 2 fully saturated rings. The van der Waals surface area contributed by atoms with Crippen molar-refractivity contribution in [3.05, 3.63) is 59.1 Å². The highest BCUT2D eigenvalue weighted by atomic mass is 35.5. The average molecular weight is 566 g/mol. The number of morpholine rings is 1. The molecule has 9 nitrogen and oxygen atoms in total. The first-order chi connectivity index (χ1) is 19.2. The van der Waals surface area contributed by atoms with Crippen LogP contribution in [0.4, 0.5) is 10.5 Å². The molecule has 0 aliphatic carbocycles. The van der Waals surface area contributed by atoms with Crippen molar-refractivity contribution in [1.82, 2.24) is 19.4 Å². The monoisotopic (exact) mass is 565 g/mol. The molecule has 3 aliphatic heterocycles. The first kappa shape index (κ1) is 26.9. The van der Waals surface area contributed by atoms with Gasteiger partial charge in [-0.25, -0.2) is 9.78 Å². The Kier molecular flexibility index (Phi) is 7.37. The minimum atomic E-state index is -0.494. The third kappa shape index (κ3) is 5.77. The van der Waals surface area contributed by atoms with Crippen LogP contribution in [0.1, 0.15) is 32.3 Å². The molecule has 0 saturated carbocycles. The molecule has 0 radical (unpaired) electrons. The van der Waals surface area contributed by atoms with Gasteiger partial charge in [0.1, 0.15) is 18.0 Å². The van der Waals surface area contributed by atoms with Gasteiger partial charge in [-0.3, -0.25) is 9.47 Å². The lowest BCUT2D eigenvalue weighted by Crippen LogP contribution is -2.50. The second-order valence-corrected chi connectivity index (χ2v) is 11.9. The van der Waals surface area contributed by atoms with Gasteiger partial charge in [0.05, 0.1) is 29.6 Å². The number of fused-ring (bicyclic) bond motifs is 3. The van der Waals surface area contributed by atoms with Crippen LogP contribution in [-0.4, -0.2) is 83.5 Å². The fraction of sp³-hybridized carbons (Fsp3) is 0.467. The molecule has 10 heteroatoms. The number of carbonyl (C=O) groups is 1. The van der Waals surface area contributed by atoms with Gasteiger partial charge in [0.2, 0.25) is 0 Å². The number of hydrogen-bond acceptors (Lipinski definition) is 7. The molecule has 0 N–H and O–H groups in total. The van der Waals surface area contributed by atoms with Crippen molar-refractivity contribution in [2.24, 2.45) is 0 Å². The van der Waals surface area contributed by atoms with Crippen molar-refractivity contribution in [2.75, 3.05) is 57.4 Å². The Labute approximate surface area is 240 Å². The Morgan fingerprint density at radius 3 is 2.52 bits per heavy atom. The average Bonchev–Trinajstić information content (AvgIpc) is 3.35. The number of rotatable bonds is 4. The molecule has 2 aromatic carbocycles. The number of imidazole rings is 1. The van der Waals surface area contributed by atoms with Crippen LogP contribution in [-0.2, 0) is 22.6 Å². The lowest BCUT2D eigenvalue weighted by molar-refractivity contribution is 0.0240. The zero-order valence-corrected chi connectivity index (χ0v) is 24.1. The molecule has 3 aromatic rings. The van der Waals surface area contributed by atoms with E-state index in [2.05, 4.69) is 50.9 Å². The van der Waals surface area contributed by atoms with Gasteiger partial charge in [-0.2, -0.15) is 0 Å². The van der Waals surface area contributed by atoms with Gasteiger partial charge in [-0.15, -0.1) is 0 Å². The predicted octanol–water partition coefficient (Wildman–Crippen LogP) is 4.97. The quantitative estimate of drug-likeness (QED) is 0.442. The van der Waals surface area contributed by atoms with E-state index in [0.717, 1.165) is 85.7 Å². The van der Waals surface area contributed by atoms with Gasteiger partial charge in [0.15, 0.2) is 5.82 Å². The van der Waals surface area contributed by atoms with E-state index in [4.69, 9.17) is 30.8 Å². The number of halogens is 1. The summed E-state index contributed by atoms with van der Waals surface area (Å²) in [5, 5.41) is 0.680. The largest absolute Gasteiger partial charge is 0.483 e. The number of aromatic nitrogens is 2. The van der Waals surface area contributed by atoms with E-state index in [1.165, 1.54) is 0 Å². The van der Waals surface area contributed by atoms with E-state index in [1.807, 2.05) is 26.8 Å². The third-order valence-electron chi connectivity index (χ3n) is 7.45. The Hall–Kier alpha value is -3.27. The fourth-order valence-corrected chi connectivity index (χ4v) is 5.68. The highest BCUT2D eigenvalue weighted by molar-refractivity contribution is 6.33. The van der Waals surface area contributed by atoms with E-state index in [-0.39, 0.29) is 6.09 Å². The summed E-state index contributed by atoms with van der Waals surface area (Å²) in [5.41, 5.74) is 4.54. The molecule has 4 heterocycles. The minimum Gasteiger partial charge on any atom is -0.483 e. The Balaban J connectivity index is 1.14. The number of nitrogens with zero attached hydrogens (tertiary/aromatic N) is 5. The van der Waals surface area contributed by atoms with Gasteiger partial charge < -0.3 is 24.0 Å². The summed E-state index contributed by atoms with van der Waals surface area (Å²) in [7, 11) is 0. The minimum absolute atomic E-state index is 0.258. The number of anilines is 1. The van der Waals surface area contributed by atoms with Gasteiger partial charge in [0, 0.05) is 63.3 Å². The summed E-state index contributed by atoms with van der Waals surface area (Å²) in [6.45, 7) is 13.0. The van der Waals surface area contributed by atoms with Crippen LogP contribution in [0.25, 0.3) is 16.8 Å². The molecule has 0 unspecified atom stereocenters. The second-order valence-electron chi connectivity index (χ2n) is 11.5. The lowest BCUT2D eigenvalue weighted by Gasteiger charge is -2.36. The lowest BCUT2D eigenvalue weighted by atomic mass is 10.0. The maximum Gasteiger partial charge on any atom is 0.410 e. The SMILES string of the molecule is CC(C)(C)OC(=O)N1CCN(c2ccc(-c3ccc4c(c3)OCc3nc(CN5CCOCC5)cn3-4)c(Cl)c2)CC1. The Morgan fingerprint density at radius 1 is 1.02 bits per heavy atom. The van der Waals surface area contributed by atoms with Crippen molar-refractivity contribution >= 4 is 23.4 Å². The van der Waals surface area contributed by atoms with E-state index in [0.29, 0.717) is 24.7 Å². The van der Waals surface area contributed by atoms with E-state index < -0.39 is 5.60 Å². The van der Waals surface area contributed by atoms with Gasteiger partial charge in [-0.05, 0) is 50.6 Å². The summed E-state index contributed by atoms with van der Waals surface area (Å²) in [6.07, 6.45) is 1.86. The predicted molar refractivity (Wildman–Crippen MR) is 154 cm³/mol. The van der Waals surface area contributed by atoms with E-state index in [1.54, 1.807) is 4.90 Å². The highest BCUT2D eigenvalue weighted by Gasteiger charge is 2.27. The normalized spacial score (nSPS) is 17.7. The zero-order chi connectivity index (χ0) is 27.9. The van der Waals surface area contributed by atoms with Crippen LogP contribution in [0.2, 0.25) is 5.02 Å². The number of hydrogen-bond donors (Lipinski definition) is 0. The topological polar surface area (TPSA) is 72.3 Å². The summed E-state index contributed by atoms with van der Waals surface area (Å²) in [4.78, 5) is 23.6. The number of benzene rings is 2. The van der Waals surface area contributed by atoms with Crippen molar-refractivity contribution in [1.29, 1.82) is 0 Å².